The SMILES string of the molecule is CCNC(=O)c1ccc(NC2COC2)cc1. The molecule has 86 valence electrons. The predicted molar refractivity (Wildman–Crippen MR) is 62.7 cm³/mol. The van der Waals surface area contributed by atoms with Crippen molar-refractivity contribution in [2.45, 2.75) is 13.0 Å². The maximum atomic E-state index is 11.5. The summed E-state index contributed by atoms with van der Waals surface area (Å²) in [4.78, 5) is 11.5. The van der Waals surface area contributed by atoms with E-state index in [4.69, 9.17) is 4.74 Å². The molecular formula is C12H16N2O2. The molecule has 0 unspecified atom stereocenters. The molecule has 1 amide bonds. The minimum absolute atomic E-state index is 0.0268. The lowest BCUT2D eigenvalue weighted by atomic mass is 10.1. The van der Waals surface area contributed by atoms with Gasteiger partial charge in [0.2, 0.25) is 0 Å². The van der Waals surface area contributed by atoms with Crippen LogP contribution in [0.15, 0.2) is 24.3 Å². The van der Waals surface area contributed by atoms with E-state index in [0.29, 0.717) is 18.2 Å². The fourth-order valence-electron chi connectivity index (χ4n) is 1.54. The van der Waals surface area contributed by atoms with Gasteiger partial charge in [0.25, 0.3) is 5.91 Å². The molecule has 2 N–H and O–H groups in total. The monoisotopic (exact) mass is 220 g/mol. The van der Waals surface area contributed by atoms with Gasteiger partial charge in [0, 0.05) is 17.8 Å². The van der Waals surface area contributed by atoms with Gasteiger partial charge in [-0.1, -0.05) is 0 Å². The first-order valence-electron chi connectivity index (χ1n) is 5.52. The van der Waals surface area contributed by atoms with Crippen LogP contribution in [0.25, 0.3) is 0 Å². The Balaban J connectivity index is 1.95. The van der Waals surface area contributed by atoms with Crippen LogP contribution < -0.4 is 10.6 Å². The largest absolute Gasteiger partial charge is 0.378 e. The maximum Gasteiger partial charge on any atom is 0.251 e. The van der Waals surface area contributed by atoms with Gasteiger partial charge in [-0.25, -0.2) is 0 Å². The summed E-state index contributed by atoms with van der Waals surface area (Å²) in [5.41, 5.74) is 1.72. The zero-order valence-corrected chi connectivity index (χ0v) is 9.32. The van der Waals surface area contributed by atoms with Crippen molar-refractivity contribution in [3.8, 4) is 0 Å². The molecular weight excluding hydrogens is 204 g/mol. The third-order valence-electron chi connectivity index (χ3n) is 2.49. The summed E-state index contributed by atoms with van der Waals surface area (Å²) in [5.74, 6) is -0.0268. The molecule has 4 nitrogen and oxygen atoms in total. The molecule has 0 atom stereocenters. The minimum Gasteiger partial charge on any atom is -0.378 e. The summed E-state index contributed by atoms with van der Waals surface area (Å²) in [5, 5.41) is 6.08. The zero-order valence-electron chi connectivity index (χ0n) is 9.32. The number of amides is 1. The molecule has 4 heteroatoms. The van der Waals surface area contributed by atoms with Gasteiger partial charge in [0.05, 0.1) is 19.3 Å². The van der Waals surface area contributed by atoms with E-state index >= 15 is 0 Å². The maximum absolute atomic E-state index is 11.5. The number of nitrogens with one attached hydrogen (secondary N) is 2. The lowest BCUT2D eigenvalue weighted by molar-refractivity contribution is 0.0211. The first-order chi connectivity index (χ1) is 7.79. The first-order valence-corrected chi connectivity index (χ1v) is 5.52. The molecule has 0 radical (unpaired) electrons. The van der Waals surface area contributed by atoms with Crippen molar-refractivity contribution in [3.05, 3.63) is 29.8 Å². The molecule has 2 rings (SSSR count). The van der Waals surface area contributed by atoms with E-state index in [0.717, 1.165) is 18.9 Å². The van der Waals surface area contributed by atoms with Crippen molar-refractivity contribution in [1.29, 1.82) is 0 Å². The Bertz CT molecular complexity index is 358. The van der Waals surface area contributed by atoms with Gasteiger partial charge in [-0.2, -0.15) is 0 Å². The van der Waals surface area contributed by atoms with Crippen LogP contribution in [0.4, 0.5) is 5.69 Å². The van der Waals surface area contributed by atoms with Gasteiger partial charge in [0.1, 0.15) is 0 Å². The molecule has 1 heterocycles. The van der Waals surface area contributed by atoms with Crippen molar-refractivity contribution in [2.24, 2.45) is 0 Å². The zero-order chi connectivity index (χ0) is 11.4. The van der Waals surface area contributed by atoms with E-state index in [1.807, 2.05) is 31.2 Å². The molecule has 0 saturated carbocycles. The molecule has 0 aromatic heterocycles. The number of carbonyl (C=O) groups excluding carboxylic acids is 1. The topological polar surface area (TPSA) is 50.4 Å². The van der Waals surface area contributed by atoms with E-state index < -0.39 is 0 Å². The smallest absolute Gasteiger partial charge is 0.251 e. The highest BCUT2D eigenvalue weighted by molar-refractivity contribution is 5.94. The number of benzene rings is 1. The summed E-state index contributed by atoms with van der Waals surface area (Å²) >= 11 is 0. The summed E-state index contributed by atoms with van der Waals surface area (Å²) < 4.78 is 5.07. The van der Waals surface area contributed by atoms with Gasteiger partial charge in [-0.3, -0.25) is 4.79 Å². The minimum atomic E-state index is -0.0268. The second-order valence-corrected chi connectivity index (χ2v) is 3.82. The van der Waals surface area contributed by atoms with Crippen molar-refractivity contribution in [1.82, 2.24) is 5.32 Å². The summed E-state index contributed by atoms with van der Waals surface area (Å²) in [7, 11) is 0. The van der Waals surface area contributed by atoms with E-state index in [1.165, 1.54) is 0 Å². The highest BCUT2D eigenvalue weighted by Crippen LogP contribution is 2.13. The molecule has 1 aromatic carbocycles. The predicted octanol–water partition coefficient (Wildman–Crippen LogP) is 1.25. The molecule has 1 aromatic rings. The van der Waals surface area contributed by atoms with E-state index in [1.54, 1.807) is 0 Å². The average molecular weight is 220 g/mol. The van der Waals surface area contributed by atoms with Gasteiger partial charge in [-0.05, 0) is 31.2 Å². The average Bonchev–Trinajstić information content (AvgIpc) is 2.25. The molecule has 1 aliphatic rings. The van der Waals surface area contributed by atoms with E-state index in [2.05, 4.69) is 10.6 Å². The van der Waals surface area contributed by atoms with Crippen LogP contribution in [0, 0.1) is 0 Å². The molecule has 0 aliphatic carbocycles. The van der Waals surface area contributed by atoms with Crippen LogP contribution in [0.1, 0.15) is 17.3 Å². The van der Waals surface area contributed by atoms with Crippen LogP contribution in [-0.2, 0) is 4.74 Å². The van der Waals surface area contributed by atoms with Gasteiger partial charge >= 0.3 is 0 Å². The van der Waals surface area contributed by atoms with E-state index in [-0.39, 0.29) is 5.91 Å². The van der Waals surface area contributed by atoms with Crippen LogP contribution in [0.2, 0.25) is 0 Å². The Morgan fingerprint density at radius 2 is 2.06 bits per heavy atom. The third-order valence-corrected chi connectivity index (χ3v) is 2.49. The quantitative estimate of drug-likeness (QED) is 0.802. The van der Waals surface area contributed by atoms with Crippen molar-refractivity contribution >= 4 is 11.6 Å². The second-order valence-electron chi connectivity index (χ2n) is 3.82. The number of carbonyl (C=O) groups is 1. The van der Waals surface area contributed by atoms with E-state index in [9.17, 15) is 4.79 Å². The fraction of sp³-hybridized carbons (Fsp3) is 0.417. The number of hydrogen-bond acceptors (Lipinski definition) is 3. The summed E-state index contributed by atoms with van der Waals surface area (Å²) in [6, 6.07) is 7.90. The van der Waals surface area contributed by atoms with Crippen molar-refractivity contribution in [2.75, 3.05) is 25.1 Å². The lowest BCUT2D eigenvalue weighted by Crippen LogP contribution is -2.40. The Hall–Kier alpha value is -1.55. The highest BCUT2D eigenvalue weighted by atomic mass is 16.5. The molecule has 0 spiro atoms. The summed E-state index contributed by atoms with van der Waals surface area (Å²) in [6.07, 6.45) is 0. The van der Waals surface area contributed by atoms with Gasteiger partial charge < -0.3 is 15.4 Å². The molecule has 0 bridgehead atoms. The normalized spacial score (nSPS) is 15.3. The standard InChI is InChI=1S/C12H16N2O2/c1-2-13-12(15)9-3-5-10(6-4-9)14-11-7-16-8-11/h3-6,11,14H,2,7-8H2,1H3,(H,13,15). The molecule has 16 heavy (non-hydrogen) atoms. The Kier molecular flexibility index (Phi) is 3.41. The Morgan fingerprint density at radius 1 is 1.38 bits per heavy atom. The van der Waals surface area contributed by atoms with Crippen LogP contribution >= 0.6 is 0 Å². The third kappa shape index (κ3) is 2.52. The number of anilines is 1. The second kappa shape index (κ2) is 4.99. The van der Waals surface area contributed by atoms with Gasteiger partial charge in [0.15, 0.2) is 0 Å². The van der Waals surface area contributed by atoms with Gasteiger partial charge in [-0.15, -0.1) is 0 Å². The summed E-state index contributed by atoms with van der Waals surface area (Å²) in [6.45, 7) is 4.08. The molecule has 1 saturated heterocycles. The number of rotatable bonds is 4. The highest BCUT2D eigenvalue weighted by Gasteiger charge is 2.17. The lowest BCUT2D eigenvalue weighted by Gasteiger charge is -2.27. The Labute approximate surface area is 95.0 Å². The van der Waals surface area contributed by atoms with Crippen LogP contribution in [-0.4, -0.2) is 31.7 Å². The first kappa shape index (κ1) is 11.0. The Morgan fingerprint density at radius 3 is 2.56 bits per heavy atom. The van der Waals surface area contributed by atoms with Crippen molar-refractivity contribution < 1.29 is 9.53 Å². The number of hydrogen-bond donors (Lipinski definition) is 2. The van der Waals surface area contributed by atoms with Crippen LogP contribution in [0.3, 0.4) is 0 Å². The van der Waals surface area contributed by atoms with Crippen molar-refractivity contribution in [3.63, 3.8) is 0 Å². The molecule has 1 fully saturated rings. The molecule has 1 aliphatic heterocycles. The number of ether oxygens (including phenoxy) is 1. The van der Waals surface area contributed by atoms with Crippen LogP contribution in [0.5, 0.6) is 0 Å². The fourth-order valence-corrected chi connectivity index (χ4v) is 1.54.